The van der Waals surface area contributed by atoms with Gasteiger partial charge in [0.1, 0.15) is 11.9 Å². The van der Waals surface area contributed by atoms with Gasteiger partial charge in [0.05, 0.1) is 0 Å². The lowest BCUT2D eigenvalue weighted by Gasteiger charge is -2.19. The average Bonchev–Trinajstić information content (AvgIpc) is 3.45. The Hall–Kier alpha value is -5.66. The maximum Gasteiger partial charge on any atom is 0.128 e. The fourth-order valence-corrected chi connectivity index (χ4v) is 7.88. The summed E-state index contributed by atoms with van der Waals surface area (Å²) in [6.45, 7) is 0. The van der Waals surface area contributed by atoms with E-state index in [4.69, 9.17) is 4.74 Å². The molecule has 0 N–H and O–H groups in total. The molecule has 8 aromatic rings. The Bertz CT molecular complexity index is 2590. The van der Waals surface area contributed by atoms with Crippen molar-refractivity contribution in [1.29, 1.82) is 0 Å². The van der Waals surface area contributed by atoms with Gasteiger partial charge in [-0.05, 0) is 100 Å². The molecule has 0 spiro atoms. The van der Waals surface area contributed by atoms with Crippen LogP contribution in [0, 0.1) is 0 Å². The predicted octanol–water partition coefficient (Wildman–Crippen LogP) is 9.75. The molecule has 0 bridgehead atoms. The second-order valence-electron chi connectivity index (χ2n) is 12.4. The number of rotatable bonds is 2. The highest BCUT2D eigenvalue weighted by atomic mass is 16.5. The quantitative estimate of drug-likeness (QED) is 0.148. The van der Waals surface area contributed by atoms with Crippen molar-refractivity contribution in [1.82, 2.24) is 0 Å². The van der Waals surface area contributed by atoms with Crippen LogP contribution in [-0.2, 0) is 0 Å². The Morgan fingerprint density at radius 2 is 0.911 bits per heavy atom. The summed E-state index contributed by atoms with van der Waals surface area (Å²) >= 11 is 0. The van der Waals surface area contributed by atoms with Crippen LogP contribution < -0.4 is 15.2 Å². The lowest BCUT2D eigenvalue weighted by Crippen LogP contribution is -2.34. The van der Waals surface area contributed by atoms with Gasteiger partial charge in [-0.25, -0.2) is 0 Å². The van der Waals surface area contributed by atoms with E-state index in [0.29, 0.717) is 0 Å². The van der Waals surface area contributed by atoms with Crippen LogP contribution in [0.15, 0.2) is 146 Å². The van der Waals surface area contributed by atoms with Gasteiger partial charge in [0.15, 0.2) is 0 Å². The van der Waals surface area contributed by atoms with E-state index >= 15 is 0 Å². The smallest absolute Gasteiger partial charge is 0.128 e. The number of fused-ring (bicyclic) bond motifs is 9. The third-order valence-corrected chi connectivity index (χ3v) is 9.94. The summed E-state index contributed by atoms with van der Waals surface area (Å²) in [6, 6.07) is 53.4. The van der Waals surface area contributed by atoms with E-state index < -0.39 is 0 Å². The van der Waals surface area contributed by atoms with Crippen molar-refractivity contribution in [3.8, 4) is 28.0 Å². The number of hydrogen-bond donors (Lipinski definition) is 0. The first-order chi connectivity index (χ1) is 22.3. The van der Waals surface area contributed by atoms with E-state index in [-0.39, 0.29) is 12.0 Å². The predicted molar refractivity (Wildman–Crippen MR) is 189 cm³/mol. The first-order valence-electron chi connectivity index (χ1n) is 15.8. The zero-order valence-corrected chi connectivity index (χ0v) is 24.6. The molecule has 210 valence electrons. The Labute approximate surface area is 261 Å². The van der Waals surface area contributed by atoms with Crippen LogP contribution in [0.1, 0.15) is 11.5 Å². The second-order valence-corrected chi connectivity index (χ2v) is 12.4. The van der Waals surface area contributed by atoms with Crippen molar-refractivity contribution in [2.75, 3.05) is 0 Å². The standard InChI is InChI=1S/C44H28O/c1-2-11-30-26-42-40(23-29(30)10-1)39-25-32(21-22-41(39)45-42)44-36-15-7-5-13-34(36)43(35-14-6-8-16-37(35)44)31-20-19-28-18-17-27-9-3-4-12-33(27)38(28)24-31/h1-26,40,42H. The minimum atomic E-state index is 0.0324. The SMILES string of the molecule is C1=c2ccccc2=CC2c3cc(-c4c5ccccc5c(-c5ccc6ccc7ccccc7c6c5)c5ccccc45)ccc3OC12. The van der Waals surface area contributed by atoms with E-state index in [9.17, 15) is 0 Å². The molecule has 8 aromatic carbocycles. The molecule has 10 rings (SSSR count). The van der Waals surface area contributed by atoms with Gasteiger partial charge >= 0.3 is 0 Å². The molecule has 1 aliphatic heterocycles. The molecule has 1 nitrogen and oxygen atoms in total. The maximum atomic E-state index is 6.49. The van der Waals surface area contributed by atoms with E-state index in [2.05, 4.69) is 158 Å². The Morgan fingerprint density at radius 3 is 1.60 bits per heavy atom. The zero-order chi connectivity index (χ0) is 29.5. The van der Waals surface area contributed by atoms with E-state index in [0.717, 1.165) is 5.75 Å². The van der Waals surface area contributed by atoms with Crippen LogP contribution in [-0.4, -0.2) is 6.10 Å². The molecule has 0 saturated heterocycles. The normalized spacial score (nSPS) is 16.5. The van der Waals surface area contributed by atoms with Crippen LogP contribution >= 0.6 is 0 Å². The molecular weight excluding hydrogens is 544 g/mol. The third-order valence-electron chi connectivity index (χ3n) is 9.94. The van der Waals surface area contributed by atoms with Gasteiger partial charge in [-0.2, -0.15) is 0 Å². The molecule has 2 atom stereocenters. The first kappa shape index (κ1) is 24.7. The molecule has 0 radical (unpaired) electrons. The van der Waals surface area contributed by atoms with Gasteiger partial charge in [-0.15, -0.1) is 0 Å². The molecule has 0 aromatic heterocycles. The molecule has 1 aliphatic carbocycles. The fraction of sp³-hybridized carbons (Fsp3) is 0.0455. The van der Waals surface area contributed by atoms with Gasteiger partial charge in [0.25, 0.3) is 0 Å². The molecule has 1 heterocycles. The second kappa shape index (κ2) is 9.42. The Kier molecular flexibility index (Phi) is 5.18. The fourth-order valence-electron chi connectivity index (χ4n) is 7.88. The molecule has 2 aliphatic rings. The summed E-state index contributed by atoms with van der Waals surface area (Å²) in [5, 5.41) is 12.7. The molecule has 2 unspecified atom stereocenters. The molecule has 0 fully saturated rings. The maximum absolute atomic E-state index is 6.49. The van der Waals surface area contributed by atoms with E-state index in [1.165, 1.54) is 81.3 Å². The Morgan fingerprint density at radius 1 is 0.400 bits per heavy atom. The number of ether oxygens (including phenoxy) is 1. The highest BCUT2D eigenvalue weighted by molar-refractivity contribution is 6.22. The topological polar surface area (TPSA) is 9.23 Å². The van der Waals surface area contributed by atoms with Crippen LogP contribution in [0.5, 0.6) is 5.75 Å². The number of benzene rings is 8. The van der Waals surface area contributed by atoms with Crippen molar-refractivity contribution < 1.29 is 4.74 Å². The first-order valence-corrected chi connectivity index (χ1v) is 15.8. The highest BCUT2D eigenvalue weighted by Crippen LogP contribution is 2.47. The van der Waals surface area contributed by atoms with Crippen molar-refractivity contribution >= 4 is 55.2 Å². The van der Waals surface area contributed by atoms with Crippen molar-refractivity contribution in [2.24, 2.45) is 0 Å². The number of hydrogen-bond acceptors (Lipinski definition) is 1. The molecular formula is C44H28O. The van der Waals surface area contributed by atoms with Gasteiger partial charge in [-0.1, -0.05) is 133 Å². The van der Waals surface area contributed by atoms with Crippen LogP contribution in [0.4, 0.5) is 0 Å². The van der Waals surface area contributed by atoms with Gasteiger partial charge in [0, 0.05) is 11.5 Å². The lowest BCUT2D eigenvalue weighted by atomic mass is 9.84. The van der Waals surface area contributed by atoms with Gasteiger partial charge in [0.2, 0.25) is 0 Å². The molecule has 0 amide bonds. The monoisotopic (exact) mass is 572 g/mol. The summed E-state index contributed by atoms with van der Waals surface area (Å²) in [7, 11) is 0. The Balaban J connectivity index is 1.22. The average molecular weight is 573 g/mol. The van der Waals surface area contributed by atoms with E-state index in [1.54, 1.807) is 0 Å². The van der Waals surface area contributed by atoms with Crippen LogP contribution in [0.2, 0.25) is 0 Å². The zero-order valence-electron chi connectivity index (χ0n) is 24.6. The summed E-state index contributed by atoms with van der Waals surface area (Å²) in [4.78, 5) is 0. The summed E-state index contributed by atoms with van der Waals surface area (Å²) in [5.41, 5.74) is 6.31. The third kappa shape index (κ3) is 3.68. The molecule has 1 heteroatoms. The van der Waals surface area contributed by atoms with Crippen molar-refractivity contribution in [3.63, 3.8) is 0 Å². The summed E-state index contributed by atoms with van der Waals surface area (Å²) in [6.07, 6.45) is 4.70. The van der Waals surface area contributed by atoms with Gasteiger partial charge in [-0.3, -0.25) is 0 Å². The minimum absolute atomic E-state index is 0.0324. The van der Waals surface area contributed by atoms with Crippen molar-refractivity contribution in [2.45, 2.75) is 12.0 Å². The largest absolute Gasteiger partial charge is 0.485 e. The summed E-state index contributed by atoms with van der Waals surface area (Å²) in [5.74, 6) is 1.20. The highest BCUT2D eigenvalue weighted by Gasteiger charge is 2.33. The lowest BCUT2D eigenvalue weighted by molar-refractivity contribution is 0.288. The van der Waals surface area contributed by atoms with Crippen molar-refractivity contribution in [3.05, 3.63) is 162 Å². The van der Waals surface area contributed by atoms with Gasteiger partial charge < -0.3 is 4.74 Å². The van der Waals surface area contributed by atoms with Crippen LogP contribution in [0.25, 0.3) is 77.5 Å². The molecule has 45 heavy (non-hydrogen) atoms. The van der Waals surface area contributed by atoms with E-state index in [1.807, 2.05) is 0 Å². The minimum Gasteiger partial charge on any atom is -0.485 e. The summed E-state index contributed by atoms with van der Waals surface area (Å²) < 4.78 is 6.49. The molecule has 0 saturated carbocycles. The van der Waals surface area contributed by atoms with Crippen LogP contribution in [0.3, 0.4) is 0 Å².